The molecule has 3 heteroatoms. The summed E-state index contributed by atoms with van der Waals surface area (Å²) in [5.74, 6) is 0.605. The fraction of sp³-hybridized carbons (Fsp3) is 0.214. The van der Waals surface area contributed by atoms with Crippen LogP contribution in [0.3, 0.4) is 0 Å². The maximum absolute atomic E-state index is 5.77. The van der Waals surface area contributed by atoms with Gasteiger partial charge in [0.15, 0.2) is 0 Å². The van der Waals surface area contributed by atoms with Crippen molar-refractivity contribution in [1.82, 2.24) is 4.98 Å². The molecule has 2 aromatic rings. The number of hydrogen-bond acceptors (Lipinski definition) is 3. The van der Waals surface area contributed by atoms with Gasteiger partial charge in [0.25, 0.3) is 0 Å². The van der Waals surface area contributed by atoms with Gasteiger partial charge >= 0.3 is 0 Å². The average molecular weight is 228 g/mol. The third kappa shape index (κ3) is 2.75. The number of aryl methyl sites for hydroxylation is 1. The fourth-order valence-corrected chi connectivity index (χ4v) is 1.59. The van der Waals surface area contributed by atoms with Crippen LogP contribution in [-0.2, 0) is 0 Å². The lowest BCUT2D eigenvalue weighted by molar-refractivity contribution is 0.217. The third-order valence-corrected chi connectivity index (χ3v) is 2.67. The van der Waals surface area contributed by atoms with E-state index in [4.69, 9.17) is 10.5 Å². The van der Waals surface area contributed by atoms with Crippen molar-refractivity contribution in [3.63, 3.8) is 0 Å². The molecule has 1 unspecified atom stereocenters. The Labute approximate surface area is 101 Å². The number of benzene rings is 1. The number of pyridine rings is 1. The van der Waals surface area contributed by atoms with Crippen LogP contribution in [0.25, 0.3) is 0 Å². The molecule has 0 aliphatic rings. The number of anilines is 1. The van der Waals surface area contributed by atoms with Gasteiger partial charge in [-0.15, -0.1) is 0 Å². The molecule has 0 aliphatic carbocycles. The summed E-state index contributed by atoms with van der Waals surface area (Å²) >= 11 is 0. The van der Waals surface area contributed by atoms with E-state index in [1.165, 1.54) is 0 Å². The van der Waals surface area contributed by atoms with Gasteiger partial charge in [0.2, 0.25) is 5.88 Å². The standard InChI is InChI=1S/C14H16N2O/c1-10-13(15)8-9-14(16-10)17-11(2)12-6-4-3-5-7-12/h3-9,11H,15H2,1-2H3. The van der Waals surface area contributed by atoms with Gasteiger partial charge in [-0.25, -0.2) is 4.98 Å². The number of nitrogen functional groups attached to an aromatic ring is 1. The molecule has 0 radical (unpaired) electrons. The van der Waals surface area contributed by atoms with Crippen molar-refractivity contribution >= 4 is 5.69 Å². The summed E-state index contributed by atoms with van der Waals surface area (Å²) in [6, 6.07) is 13.7. The largest absolute Gasteiger partial charge is 0.470 e. The molecule has 2 rings (SSSR count). The van der Waals surface area contributed by atoms with Crippen molar-refractivity contribution in [1.29, 1.82) is 0 Å². The highest BCUT2D eigenvalue weighted by atomic mass is 16.5. The second kappa shape index (κ2) is 4.87. The molecule has 3 nitrogen and oxygen atoms in total. The van der Waals surface area contributed by atoms with Crippen LogP contribution in [0.1, 0.15) is 24.3 Å². The molecule has 2 N–H and O–H groups in total. The molecule has 1 atom stereocenters. The lowest BCUT2D eigenvalue weighted by atomic mass is 10.1. The first kappa shape index (κ1) is 11.5. The maximum Gasteiger partial charge on any atom is 0.214 e. The van der Waals surface area contributed by atoms with Crippen molar-refractivity contribution in [3.8, 4) is 5.88 Å². The number of aromatic nitrogens is 1. The first-order valence-electron chi connectivity index (χ1n) is 5.61. The van der Waals surface area contributed by atoms with Crippen molar-refractivity contribution < 1.29 is 4.74 Å². The Balaban J connectivity index is 2.13. The highest BCUT2D eigenvalue weighted by Crippen LogP contribution is 2.21. The molecule has 1 aromatic carbocycles. The zero-order valence-electron chi connectivity index (χ0n) is 10.1. The van der Waals surface area contributed by atoms with Crippen molar-refractivity contribution in [2.24, 2.45) is 0 Å². The monoisotopic (exact) mass is 228 g/mol. The Bertz CT molecular complexity index is 497. The summed E-state index contributed by atoms with van der Waals surface area (Å²) in [6.45, 7) is 3.87. The third-order valence-electron chi connectivity index (χ3n) is 2.67. The van der Waals surface area contributed by atoms with Gasteiger partial charge in [-0.3, -0.25) is 0 Å². The number of hydrogen-bond donors (Lipinski definition) is 1. The quantitative estimate of drug-likeness (QED) is 0.878. The van der Waals surface area contributed by atoms with E-state index < -0.39 is 0 Å². The molecule has 17 heavy (non-hydrogen) atoms. The van der Waals surface area contributed by atoms with Crippen LogP contribution in [0, 0.1) is 6.92 Å². The average Bonchev–Trinajstić information content (AvgIpc) is 2.35. The van der Waals surface area contributed by atoms with Gasteiger partial charge in [-0.05, 0) is 25.5 Å². The molecule has 0 amide bonds. The maximum atomic E-state index is 5.77. The highest BCUT2D eigenvalue weighted by molar-refractivity contribution is 5.43. The Kier molecular flexibility index (Phi) is 3.28. The van der Waals surface area contributed by atoms with Crippen LogP contribution in [0.4, 0.5) is 5.69 Å². The Hall–Kier alpha value is -2.03. The molecule has 1 heterocycles. The predicted molar refractivity (Wildman–Crippen MR) is 68.9 cm³/mol. The van der Waals surface area contributed by atoms with Crippen molar-refractivity contribution in [2.45, 2.75) is 20.0 Å². The topological polar surface area (TPSA) is 48.1 Å². The Morgan fingerprint density at radius 3 is 2.47 bits per heavy atom. The molecule has 0 spiro atoms. The van der Waals surface area contributed by atoms with Crippen LogP contribution >= 0.6 is 0 Å². The number of nitrogens with zero attached hydrogens (tertiary/aromatic N) is 1. The van der Waals surface area contributed by atoms with Gasteiger partial charge in [0, 0.05) is 6.07 Å². The number of rotatable bonds is 3. The minimum atomic E-state index is -0.0216. The van der Waals surface area contributed by atoms with Gasteiger partial charge in [0.05, 0.1) is 11.4 Å². The van der Waals surface area contributed by atoms with Gasteiger partial charge < -0.3 is 10.5 Å². The zero-order chi connectivity index (χ0) is 12.3. The number of nitrogens with two attached hydrogens (primary N) is 1. The van der Waals surface area contributed by atoms with E-state index in [1.54, 1.807) is 6.07 Å². The first-order valence-corrected chi connectivity index (χ1v) is 5.61. The summed E-state index contributed by atoms with van der Waals surface area (Å²) in [4.78, 5) is 4.29. The molecule has 88 valence electrons. The van der Waals surface area contributed by atoms with Gasteiger partial charge in [-0.1, -0.05) is 30.3 Å². The molecular weight excluding hydrogens is 212 g/mol. The van der Waals surface area contributed by atoms with E-state index in [1.807, 2.05) is 50.2 Å². The summed E-state index contributed by atoms with van der Waals surface area (Å²) in [6.07, 6.45) is -0.0216. The lowest BCUT2D eigenvalue weighted by Crippen LogP contribution is -2.05. The Morgan fingerprint density at radius 1 is 1.12 bits per heavy atom. The zero-order valence-corrected chi connectivity index (χ0v) is 10.1. The van der Waals surface area contributed by atoms with E-state index in [2.05, 4.69) is 4.98 Å². The van der Waals surface area contributed by atoms with Crippen molar-refractivity contribution in [3.05, 3.63) is 53.7 Å². The summed E-state index contributed by atoms with van der Waals surface area (Å²) in [5, 5.41) is 0. The summed E-state index contributed by atoms with van der Waals surface area (Å²) in [5.41, 5.74) is 8.32. The normalized spacial score (nSPS) is 12.1. The minimum absolute atomic E-state index is 0.0216. The summed E-state index contributed by atoms with van der Waals surface area (Å²) < 4.78 is 5.77. The molecule has 0 saturated heterocycles. The molecular formula is C14H16N2O. The fourth-order valence-electron chi connectivity index (χ4n) is 1.59. The van der Waals surface area contributed by atoms with E-state index in [0.717, 1.165) is 11.3 Å². The van der Waals surface area contributed by atoms with Crippen molar-refractivity contribution in [2.75, 3.05) is 5.73 Å². The summed E-state index contributed by atoms with van der Waals surface area (Å²) in [7, 11) is 0. The van der Waals surface area contributed by atoms with E-state index in [0.29, 0.717) is 11.6 Å². The SMILES string of the molecule is Cc1nc(OC(C)c2ccccc2)ccc1N. The van der Waals surface area contributed by atoms with Crippen LogP contribution in [0.15, 0.2) is 42.5 Å². The van der Waals surface area contributed by atoms with Crippen LogP contribution in [-0.4, -0.2) is 4.98 Å². The van der Waals surface area contributed by atoms with Crippen LogP contribution in [0.5, 0.6) is 5.88 Å². The van der Waals surface area contributed by atoms with E-state index in [9.17, 15) is 0 Å². The first-order chi connectivity index (χ1) is 8.16. The number of ether oxygens (including phenoxy) is 1. The van der Waals surface area contributed by atoms with E-state index >= 15 is 0 Å². The van der Waals surface area contributed by atoms with Crippen LogP contribution in [0.2, 0.25) is 0 Å². The molecule has 0 aliphatic heterocycles. The molecule has 1 aromatic heterocycles. The van der Waals surface area contributed by atoms with Gasteiger partial charge in [-0.2, -0.15) is 0 Å². The molecule has 0 fully saturated rings. The highest BCUT2D eigenvalue weighted by Gasteiger charge is 2.08. The lowest BCUT2D eigenvalue weighted by Gasteiger charge is -2.14. The second-order valence-electron chi connectivity index (χ2n) is 3.99. The van der Waals surface area contributed by atoms with Crippen LogP contribution < -0.4 is 10.5 Å². The minimum Gasteiger partial charge on any atom is -0.470 e. The Morgan fingerprint density at radius 2 is 1.82 bits per heavy atom. The molecule has 0 saturated carbocycles. The second-order valence-corrected chi connectivity index (χ2v) is 3.99. The smallest absolute Gasteiger partial charge is 0.214 e. The predicted octanol–water partition coefficient (Wildman–Crippen LogP) is 3.11. The van der Waals surface area contributed by atoms with E-state index in [-0.39, 0.29) is 6.10 Å². The van der Waals surface area contributed by atoms with Gasteiger partial charge in [0.1, 0.15) is 6.10 Å². The molecule has 0 bridgehead atoms.